The van der Waals surface area contributed by atoms with Gasteiger partial charge in [-0.1, -0.05) is 6.08 Å². The topological polar surface area (TPSA) is 52.6 Å². The molecule has 2 aliphatic rings. The number of carbonyl (C=O) groups excluding carboxylic acids is 2. The Kier molecular flexibility index (Phi) is 2.68. The lowest BCUT2D eigenvalue weighted by molar-refractivity contribution is -0.134. The second kappa shape index (κ2) is 3.98. The lowest BCUT2D eigenvalue weighted by Crippen LogP contribution is -2.34. The van der Waals surface area contributed by atoms with Crippen molar-refractivity contribution in [2.75, 3.05) is 7.11 Å². The van der Waals surface area contributed by atoms with Crippen molar-refractivity contribution in [2.24, 2.45) is 11.8 Å². The highest BCUT2D eigenvalue weighted by atomic mass is 16.7. The van der Waals surface area contributed by atoms with E-state index in [9.17, 15) is 9.59 Å². The van der Waals surface area contributed by atoms with E-state index in [1.54, 1.807) is 0 Å². The first-order valence-electron chi connectivity index (χ1n) is 4.80. The highest BCUT2D eigenvalue weighted by Gasteiger charge is 2.41. The van der Waals surface area contributed by atoms with E-state index in [4.69, 9.17) is 9.47 Å². The summed E-state index contributed by atoms with van der Waals surface area (Å²) in [7, 11) is 1.53. The van der Waals surface area contributed by atoms with Crippen LogP contribution in [0.2, 0.25) is 0 Å². The molecule has 0 aromatic rings. The number of methoxy groups -OCH3 is 1. The van der Waals surface area contributed by atoms with Gasteiger partial charge in [0, 0.05) is 18.6 Å². The Labute approximate surface area is 87.5 Å². The maximum Gasteiger partial charge on any atom is 0.206 e. The summed E-state index contributed by atoms with van der Waals surface area (Å²) >= 11 is 0. The van der Waals surface area contributed by atoms with Crippen LogP contribution in [0, 0.1) is 11.8 Å². The van der Waals surface area contributed by atoms with E-state index in [1.165, 1.54) is 13.4 Å². The first-order valence-corrected chi connectivity index (χ1v) is 4.80. The standard InChI is InChI=1S/C11H12O4/c1-14-11-10-7(4-12)2-3-9(10)8(5-13)6-15-11/h2,4-6,9-11H,3H2,1H3/t9?,10?,11-/m1/s1. The molecule has 1 heterocycles. The van der Waals surface area contributed by atoms with Gasteiger partial charge in [-0.3, -0.25) is 9.59 Å². The fraction of sp³-hybridized carbons (Fsp3) is 0.455. The van der Waals surface area contributed by atoms with Gasteiger partial charge in [-0.05, 0) is 12.0 Å². The van der Waals surface area contributed by atoms with Crippen molar-refractivity contribution in [1.82, 2.24) is 0 Å². The van der Waals surface area contributed by atoms with Crippen molar-refractivity contribution in [3.05, 3.63) is 23.5 Å². The fourth-order valence-corrected chi connectivity index (χ4v) is 2.23. The number of allylic oxidation sites excluding steroid dienone is 2. The molecule has 0 saturated carbocycles. The number of carbonyl (C=O) groups is 2. The summed E-state index contributed by atoms with van der Waals surface area (Å²) in [5.74, 6) is -0.112. The van der Waals surface area contributed by atoms with E-state index >= 15 is 0 Å². The van der Waals surface area contributed by atoms with Crippen molar-refractivity contribution < 1.29 is 19.1 Å². The van der Waals surface area contributed by atoms with Crippen molar-refractivity contribution in [3.63, 3.8) is 0 Å². The third-order valence-corrected chi connectivity index (χ3v) is 2.99. The SMILES string of the molecule is CO[C@@H]1OC=C(C=O)C2CC=C(C=O)C21. The molecule has 0 bridgehead atoms. The fourth-order valence-electron chi connectivity index (χ4n) is 2.23. The Morgan fingerprint density at radius 1 is 1.40 bits per heavy atom. The second-order valence-corrected chi connectivity index (χ2v) is 3.67. The van der Waals surface area contributed by atoms with E-state index in [2.05, 4.69) is 0 Å². The molecule has 4 heteroatoms. The van der Waals surface area contributed by atoms with Gasteiger partial charge in [0.25, 0.3) is 0 Å². The number of aldehydes is 2. The molecular formula is C11H12O4. The van der Waals surface area contributed by atoms with Gasteiger partial charge in [-0.15, -0.1) is 0 Å². The Morgan fingerprint density at radius 2 is 2.13 bits per heavy atom. The van der Waals surface area contributed by atoms with E-state index in [-0.39, 0.29) is 11.8 Å². The van der Waals surface area contributed by atoms with Crippen LogP contribution in [0.1, 0.15) is 6.42 Å². The molecule has 4 nitrogen and oxygen atoms in total. The molecule has 1 aliphatic heterocycles. The van der Waals surface area contributed by atoms with Gasteiger partial charge < -0.3 is 9.47 Å². The van der Waals surface area contributed by atoms with Crippen LogP contribution in [-0.2, 0) is 19.1 Å². The Bertz CT molecular complexity index is 342. The quantitative estimate of drug-likeness (QED) is 0.645. The molecule has 0 saturated heterocycles. The van der Waals surface area contributed by atoms with Crippen molar-refractivity contribution in [3.8, 4) is 0 Å². The van der Waals surface area contributed by atoms with Crippen LogP contribution in [0.5, 0.6) is 0 Å². The van der Waals surface area contributed by atoms with Crippen molar-refractivity contribution in [2.45, 2.75) is 12.7 Å². The maximum absolute atomic E-state index is 10.8. The summed E-state index contributed by atoms with van der Waals surface area (Å²) < 4.78 is 10.4. The highest BCUT2D eigenvalue weighted by molar-refractivity contribution is 5.79. The molecule has 0 amide bonds. The third kappa shape index (κ3) is 1.51. The minimum absolute atomic E-state index is 0.0291. The lowest BCUT2D eigenvalue weighted by atomic mass is 9.84. The monoisotopic (exact) mass is 208 g/mol. The first kappa shape index (κ1) is 10.1. The molecule has 1 aliphatic carbocycles. The van der Waals surface area contributed by atoms with Crippen LogP contribution >= 0.6 is 0 Å². The van der Waals surface area contributed by atoms with Gasteiger partial charge in [0.2, 0.25) is 6.29 Å². The molecule has 0 aromatic carbocycles. The summed E-state index contributed by atoms with van der Waals surface area (Å²) in [5, 5.41) is 0. The minimum Gasteiger partial charge on any atom is -0.471 e. The smallest absolute Gasteiger partial charge is 0.206 e. The molecule has 0 aromatic heterocycles. The third-order valence-electron chi connectivity index (χ3n) is 2.99. The van der Waals surface area contributed by atoms with Crippen LogP contribution in [0.4, 0.5) is 0 Å². The summed E-state index contributed by atoms with van der Waals surface area (Å²) in [5.41, 5.74) is 1.26. The second-order valence-electron chi connectivity index (χ2n) is 3.67. The van der Waals surface area contributed by atoms with Gasteiger partial charge >= 0.3 is 0 Å². The Balaban J connectivity index is 2.31. The molecule has 2 unspecified atom stereocenters. The maximum atomic E-state index is 10.8. The van der Waals surface area contributed by atoms with Crippen LogP contribution in [-0.4, -0.2) is 26.0 Å². The van der Waals surface area contributed by atoms with Crippen LogP contribution in [0.3, 0.4) is 0 Å². The summed E-state index contributed by atoms with van der Waals surface area (Å²) in [6.45, 7) is 0. The average molecular weight is 208 g/mol. The van der Waals surface area contributed by atoms with E-state index < -0.39 is 6.29 Å². The summed E-state index contributed by atoms with van der Waals surface area (Å²) in [4.78, 5) is 21.6. The van der Waals surface area contributed by atoms with Gasteiger partial charge in [0.05, 0.1) is 12.2 Å². The Morgan fingerprint density at radius 3 is 2.73 bits per heavy atom. The molecule has 0 radical (unpaired) electrons. The molecule has 0 N–H and O–H groups in total. The number of hydrogen-bond donors (Lipinski definition) is 0. The molecule has 3 atom stereocenters. The van der Waals surface area contributed by atoms with E-state index in [0.29, 0.717) is 17.6 Å². The van der Waals surface area contributed by atoms with Crippen LogP contribution in [0.15, 0.2) is 23.5 Å². The molecule has 0 spiro atoms. The van der Waals surface area contributed by atoms with Crippen molar-refractivity contribution >= 4 is 12.6 Å². The predicted molar refractivity (Wildman–Crippen MR) is 51.8 cm³/mol. The van der Waals surface area contributed by atoms with Gasteiger partial charge in [0.15, 0.2) is 0 Å². The van der Waals surface area contributed by atoms with Crippen LogP contribution in [0.25, 0.3) is 0 Å². The number of fused-ring (bicyclic) bond motifs is 1. The molecule has 80 valence electrons. The predicted octanol–water partition coefficient (Wildman–Crippen LogP) is 0.833. The number of ether oxygens (including phenoxy) is 2. The Hall–Kier alpha value is -1.42. The minimum atomic E-state index is -0.461. The molecule has 2 rings (SSSR count). The molecule has 0 fully saturated rings. The number of hydrogen-bond acceptors (Lipinski definition) is 4. The molecule has 15 heavy (non-hydrogen) atoms. The average Bonchev–Trinajstić information content (AvgIpc) is 2.71. The summed E-state index contributed by atoms with van der Waals surface area (Å²) in [6, 6.07) is 0. The van der Waals surface area contributed by atoms with E-state index in [0.717, 1.165) is 12.6 Å². The lowest BCUT2D eigenvalue weighted by Gasteiger charge is -2.32. The zero-order chi connectivity index (χ0) is 10.8. The first-order chi connectivity index (χ1) is 7.31. The van der Waals surface area contributed by atoms with Gasteiger partial charge in [0.1, 0.15) is 12.6 Å². The number of rotatable bonds is 3. The largest absolute Gasteiger partial charge is 0.471 e. The van der Waals surface area contributed by atoms with Gasteiger partial charge in [-0.25, -0.2) is 0 Å². The summed E-state index contributed by atoms with van der Waals surface area (Å²) in [6.07, 6.45) is 5.12. The molecular weight excluding hydrogens is 196 g/mol. The zero-order valence-electron chi connectivity index (χ0n) is 8.38. The van der Waals surface area contributed by atoms with Gasteiger partial charge in [-0.2, -0.15) is 0 Å². The van der Waals surface area contributed by atoms with Crippen molar-refractivity contribution in [1.29, 1.82) is 0 Å². The van der Waals surface area contributed by atoms with Crippen LogP contribution < -0.4 is 0 Å². The highest BCUT2D eigenvalue weighted by Crippen LogP contribution is 2.41. The normalized spacial score (nSPS) is 33.5. The zero-order valence-corrected chi connectivity index (χ0v) is 8.38. The van der Waals surface area contributed by atoms with E-state index in [1.807, 2.05) is 6.08 Å².